The molecule has 0 amide bonds. The average molecular weight is 306 g/mol. The number of ether oxygens (including phenoxy) is 2. The highest BCUT2D eigenvalue weighted by Crippen LogP contribution is 2.31. The summed E-state index contributed by atoms with van der Waals surface area (Å²) in [6.45, 7) is 0. The molecule has 0 unspecified atom stereocenters. The van der Waals surface area contributed by atoms with Crippen LogP contribution in [0, 0.1) is 0 Å². The number of pyridine rings is 1. The van der Waals surface area contributed by atoms with Gasteiger partial charge in [0.25, 0.3) is 0 Å². The monoisotopic (exact) mass is 306 g/mol. The van der Waals surface area contributed by atoms with Gasteiger partial charge in [-0.3, -0.25) is 0 Å². The summed E-state index contributed by atoms with van der Waals surface area (Å²) >= 11 is 0. The van der Waals surface area contributed by atoms with E-state index in [2.05, 4.69) is 41.9 Å². The normalized spacial score (nSPS) is 10.4. The van der Waals surface area contributed by atoms with E-state index in [-0.39, 0.29) is 0 Å². The van der Waals surface area contributed by atoms with E-state index in [9.17, 15) is 0 Å². The summed E-state index contributed by atoms with van der Waals surface area (Å²) in [4.78, 5) is 0. The van der Waals surface area contributed by atoms with Gasteiger partial charge in [-0.15, -0.1) is 0 Å². The van der Waals surface area contributed by atoms with Crippen molar-refractivity contribution in [3.05, 3.63) is 66.7 Å². The first-order valence-corrected chi connectivity index (χ1v) is 7.52. The lowest BCUT2D eigenvalue weighted by Gasteiger charge is -2.10. The number of para-hydroxylation sites is 2. The van der Waals surface area contributed by atoms with Gasteiger partial charge in [-0.05, 0) is 30.3 Å². The van der Waals surface area contributed by atoms with E-state index in [1.54, 1.807) is 14.2 Å². The number of hydrogen-bond acceptors (Lipinski definition) is 2. The van der Waals surface area contributed by atoms with Crippen molar-refractivity contribution in [1.29, 1.82) is 0 Å². The molecule has 2 aromatic carbocycles. The molecular formula is C20H20NO2+. The number of aromatic nitrogens is 1. The molecule has 0 fully saturated rings. The van der Waals surface area contributed by atoms with Crippen LogP contribution >= 0.6 is 0 Å². The predicted molar refractivity (Wildman–Crippen MR) is 91.6 cm³/mol. The SMILES string of the molecule is COc1ccccc1-c1cccc(-c2ccccc2OC)[n+]1C. The van der Waals surface area contributed by atoms with E-state index >= 15 is 0 Å². The van der Waals surface area contributed by atoms with Gasteiger partial charge in [0.15, 0.2) is 0 Å². The van der Waals surface area contributed by atoms with Crippen molar-refractivity contribution >= 4 is 0 Å². The van der Waals surface area contributed by atoms with E-state index in [0.717, 1.165) is 34.0 Å². The second kappa shape index (κ2) is 6.53. The van der Waals surface area contributed by atoms with Crippen LogP contribution in [-0.4, -0.2) is 14.2 Å². The summed E-state index contributed by atoms with van der Waals surface area (Å²) < 4.78 is 13.2. The lowest BCUT2D eigenvalue weighted by atomic mass is 10.1. The van der Waals surface area contributed by atoms with Crippen molar-refractivity contribution < 1.29 is 14.0 Å². The molecule has 1 heterocycles. The Kier molecular flexibility index (Phi) is 4.29. The van der Waals surface area contributed by atoms with Crippen LogP contribution < -0.4 is 14.0 Å². The van der Waals surface area contributed by atoms with Crippen molar-refractivity contribution in [2.45, 2.75) is 0 Å². The van der Waals surface area contributed by atoms with Crippen molar-refractivity contribution in [2.75, 3.05) is 14.2 Å². The molecule has 0 aliphatic heterocycles. The Morgan fingerprint density at radius 2 is 1.04 bits per heavy atom. The first kappa shape index (κ1) is 15.1. The zero-order valence-electron chi connectivity index (χ0n) is 13.6. The first-order chi connectivity index (χ1) is 11.3. The van der Waals surface area contributed by atoms with E-state index in [1.165, 1.54) is 0 Å². The Labute approximate surface area is 136 Å². The summed E-state index contributed by atoms with van der Waals surface area (Å²) in [5.41, 5.74) is 4.31. The van der Waals surface area contributed by atoms with Gasteiger partial charge in [-0.2, -0.15) is 4.57 Å². The van der Waals surface area contributed by atoms with Crippen molar-refractivity contribution in [3.63, 3.8) is 0 Å². The molecule has 3 aromatic rings. The van der Waals surface area contributed by atoms with Gasteiger partial charge in [0, 0.05) is 12.1 Å². The van der Waals surface area contributed by atoms with Gasteiger partial charge in [-0.25, -0.2) is 0 Å². The number of rotatable bonds is 4. The second-order valence-electron chi connectivity index (χ2n) is 5.26. The zero-order chi connectivity index (χ0) is 16.2. The van der Waals surface area contributed by atoms with Crippen LogP contribution in [0.2, 0.25) is 0 Å². The Bertz CT molecular complexity index is 762. The minimum absolute atomic E-state index is 0.861. The van der Waals surface area contributed by atoms with Gasteiger partial charge in [0.2, 0.25) is 11.4 Å². The first-order valence-electron chi connectivity index (χ1n) is 7.52. The van der Waals surface area contributed by atoms with Gasteiger partial charge in [0.05, 0.1) is 25.3 Å². The average Bonchev–Trinajstić information content (AvgIpc) is 2.62. The lowest BCUT2D eigenvalue weighted by molar-refractivity contribution is -0.649. The van der Waals surface area contributed by atoms with Crippen LogP contribution in [0.4, 0.5) is 0 Å². The van der Waals surface area contributed by atoms with Crippen LogP contribution in [0.25, 0.3) is 22.5 Å². The van der Waals surface area contributed by atoms with Crippen LogP contribution in [0.5, 0.6) is 11.5 Å². The van der Waals surface area contributed by atoms with Crippen LogP contribution in [0.3, 0.4) is 0 Å². The minimum Gasteiger partial charge on any atom is -0.496 e. The predicted octanol–water partition coefficient (Wildman–Crippen LogP) is 3.86. The Hall–Kier alpha value is -2.81. The third-order valence-corrected chi connectivity index (χ3v) is 4.00. The Balaban J connectivity index is 2.20. The van der Waals surface area contributed by atoms with Gasteiger partial charge in [0.1, 0.15) is 18.5 Å². The third-order valence-electron chi connectivity index (χ3n) is 4.00. The summed E-state index contributed by atoms with van der Waals surface area (Å²) in [6.07, 6.45) is 0. The Morgan fingerprint density at radius 1 is 0.609 bits per heavy atom. The summed E-state index contributed by atoms with van der Waals surface area (Å²) in [7, 11) is 5.45. The molecule has 0 aliphatic rings. The zero-order valence-corrected chi connectivity index (χ0v) is 13.6. The smallest absolute Gasteiger partial charge is 0.216 e. The minimum atomic E-state index is 0.861. The van der Waals surface area contributed by atoms with Gasteiger partial charge < -0.3 is 9.47 Å². The standard InChI is InChI=1S/C20H20NO2/c1-21-17(15-9-4-6-13-19(15)22-2)11-8-12-18(21)16-10-5-7-14-20(16)23-3/h4-14H,1-3H3/q+1. The second-order valence-corrected chi connectivity index (χ2v) is 5.26. The quantitative estimate of drug-likeness (QED) is 0.683. The molecule has 0 saturated heterocycles. The lowest BCUT2D eigenvalue weighted by Crippen LogP contribution is -2.34. The van der Waals surface area contributed by atoms with Crippen molar-refractivity contribution in [1.82, 2.24) is 0 Å². The van der Waals surface area contributed by atoms with Crippen LogP contribution in [0.1, 0.15) is 0 Å². The highest BCUT2D eigenvalue weighted by molar-refractivity contribution is 5.69. The van der Waals surface area contributed by atoms with Gasteiger partial charge in [-0.1, -0.05) is 24.3 Å². The summed E-state index contributed by atoms with van der Waals surface area (Å²) in [5.74, 6) is 1.72. The number of benzene rings is 2. The van der Waals surface area contributed by atoms with Crippen molar-refractivity contribution in [2.24, 2.45) is 7.05 Å². The fourth-order valence-electron chi connectivity index (χ4n) is 2.84. The van der Waals surface area contributed by atoms with Crippen molar-refractivity contribution in [3.8, 4) is 34.0 Å². The molecule has 0 saturated carbocycles. The maximum Gasteiger partial charge on any atom is 0.216 e. The maximum absolute atomic E-state index is 5.51. The molecule has 23 heavy (non-hydrogen) atoms. The largest absolute Gasteiger partial charge is 0.496 e. The van der Waals surface area contributed by atoms with Crippen LogP contribution in [0.15, 0.2) is 66.7 Å². The molecule has 0 bridgehead atoms. The maximum atomic E-state index is 5.51. The highest BCUT2D eigenvalue weighted by Gasteiger charge is 2.20. The Morgan fingerprint density at radius 3 is 1.48 bits per heavy atom. The van der Waals surface area contributed by atoms with E-state index in [4.69, 9.17) is 9.47 Å². The van der Waals surface area contributed by atoms with E-state index in [1.807, 2.05) is 36.4 Å². The fraction of sp³-hybridized carbons (Fsp3) is 0.150. The molecule has 116 valence electrons. The van der Waals surface area contributed by atoms with E-state index in [0.29, 0.717) is 0 Å². The molecule has 3 nitrogen and oxygen atoms in total. The molecule has 1 aromatic heterocycles. The molecule has 0 spiro atoms. The van der Waals surface area contributed by atoms with E-state index < -0.39 is 0 Å². The molecule has 0 N–H and O–H groups in total. The molecule has 0 aliphatic carbocycles. The highest BCUT2D eigenvalue weighted by atomic mass is 16.5. The third kappa shape index (κ3) is 2.78. The summed E-state index contributed by atoms with van der Waals surface area (Å²) in [5, 5.41) is 0. The number of nitrogens with zero attached hydrogens (tertiary/aromatic N) is 1. The summed E-state index contributed by atoms with van der Waals surface area (Å²) in [6, 6.07) is 22.3. The topological polar surface area (TPSA) is 22.3 Å². The van der Waals surface area contributed by atoms with Gasteiger partial charge >= 0.3 is 0 Å². The van der Waals surface area contributed by atoms with Crippen LogP contribution in [-0.2, 0) is 7.05 Å². The molecular weight excluding hydrogens is 286 g/mol. The molecule has 0 radical (unpaired) electrons. The number of hydrogen-bond donors (Lipinski definition) is 0. The fourth-order valence-corrected chi connectivity index (χ4v) is 2.84. The molecule has 3 rings (SSSR count). The number of methoxy groups -OCH3 is 2. The molecule has 3 heteroatoms. The molecule has 0 atom stereocenters.